The van der Waals surface area contributed by atoms with Gasteiger partial charge in [0.25, 0.3) is 0 Å². The average Bonchev–Trinajstić information content (AvgIpc) is 2.91. The lowest BCUT2D eigenvalue weighted by atomic mass is 9.74. The molecule has 1 N–H and O–H groups in total. The highest BCUT2D eigenvalue weighted by molar-refractivity contribution is 5.83. The van der Waals surface area contributed by atoms with Crippen LogP contribution in [-0.2, 0) is 22.5 Å². The zero-order chi connectivity index (χ0) is 25.2. The highest BCUT2D eigenvalue weighted by Gasteiger charge is 2.39. The summed E-state index contributed by atoms with van der Waals surface area (Å²) < 4.78 is 19.4. The standard InChI is InChI=1S/C31H37FN2O2/c1-2-34(24-25-9-4-3-5-10-25)18-8-17-33-30(35)31(15-19-36-20-16-31)23-26-11-6-12-27(21-26)28-13-7-14-29(32)22-28/h3-7,9-14,21-22H,2,8,15-20,23-24H2,1H3,(H,33,35). The minimum Gasteiger partial charge on any atom is -0.381 e. The van der Waals surface area contributed by atoms with Crippen LogP contribution in [0.4, 0.5) is 4.39 Å². The van der Waals surface area contributed by atoms with E-state index in [1.54, 1.807) is 12.1 Å². The summed E-state index contributed by atoms with van der Waals surface area (Å²) in [4.78, 5) is 15.9. The Hall–Kier alpha value is -3.02. The van der Waals surface area contributed by atoms with Crippen LogP contribution in [0, 0.1) is 11.2 Å². The number of rotatable bonds is 11. The van der Waals surface area contributed by atoms with Crippen LogP contribution < -0.4 is 5.32 Å². The molecule has 1 heterocycles. The number of nitrogens with zero attached hydrogens (tertiary/aromatic N) is 1. The number of amides is 1. The Morgan fingerprint density at radius 2 is 1.64 bits per heavy atom. The van der Waals surface area contributed by atoms with Gasteiger partial charge in [0.05, 0.1) is 5.41 Å². The van der Waals surface area contributed by atoms with Crippen molar-refractivity contribution in [2.24, 2.45) is 5.41 Å². The van der Waals surface area contributed by atoms with Crippen molar-refractivity contribution in [3.63, 3.8) is 0 Å². The van der Waals surface area contributed by atoms with Gasteiger partial charge in [0.1, 0.15) is 5.82 Å². The van der Waals surface area contributed by atoms with Crippen LogP contribution in [0.15, 0.2) is 78.9 Å². The van der Waals surface area contributed by atoms with Gasteiger partial charge in [-0.25, -0.2) is 4.39 Å². The van der Waals surface area contributed by atoms with E-state index >= 15 is 0 Å². The molecule has 3 aromatic carbocycles. The fourth-order valence-corrected chi connectivity index (χ4v) is 5.05. The molecule has 0 bridgehead atoms. The number of carbonyl (C=O) groups excluding carboxylic acids is 1. The smallest absolute Gasteiger partial charge is 0.226 e. The Morgan fingerprint density at radius 1 is 0.944 bits per heavy atom. The van der Waals surface area contributed by atoms with Crippen molar-refractivity contribution >= 4 is 5.91 Å². The summed E-state index contributed by atoms with van der Waals surface area (Å²) >= 11 is 0. The van der Waals surface area contributed by atoms with Crippen molar-refractivity contribution in [2.45, 2.75) is 39.2 Å². The number of hydrogen-bond acceptors (Lipinski definition) is 3. The van der Waals surface area contributed by atoms with Crippen LogP contribution >= 0.6 is 0 Å². The van der Waals surface area contributed by atoms with Crippen molar-refractivity contribution < 1.29 is 13.9 Å². The highest BCUT2D eigenvalue weighted by atomic mass is 19.1. The molecule has 0 aliphatic carbocycles. The number of carbonyl (C=O) groups is 1. The number of ether oxygens (including phenoxy) is 1. The molecule has 1 aliphatic heterocycles. The number of benzene rings is 3. The molecular formula is C31H37FN2O2. The maximum Gasteiger partial charge on any atom is 0.226 e. The Bertz CT molecular complexity index is 1110. The first-order valence-electron chi connectivity index (χ1n) is 13.1. The second-order valence-corrected chi connectivity index (χ2v) is 9.74. The second-order valence-electron chi connectivity index (χ2n) is 9.74. The lowest BCUT2D eigenvalue weighted by Gasteiger charge is -2.36. The Kier molecular flexibility index (Phi) is 9.26. The highest BCUT2D eigenvalue weighted by Crippen LogP contribution is 2.35. The molecular weight excluding hydrogens is 451 g/mol. The lowest BCUT2D eigenvalue weighted by Crippen LogP contribution is -2.46. The molecule has 0 atom stereocenters. The minimum atomic E-state index is -0.479. The van der Waals surface area contributed by atoms with Crippen molar-refractivity contribution in [2.75, 3.05) is 32.8 Å². The van der Waals surface area contributed by atoms with Gasteiger partial charge in [-0.2, -0.15) is 0 Å². The van der Waals surface area contributed by atoms with Crippen LogP contribution in [0.1, 0.15) is 37.3 Å². The third kappa shape index (κ3) is 7.02. The van der Waals surface area contributed by atoms with E-state index in [-0.39, 0.29) is 11.7 Å². The van der Waals surface area contributed by atoms with E-state index in [1.807, 2.05) is 24.3 Å². The third-order valence-corrected chi connectivity index (χ3v) is 7.19. The monoisotopic (exact) mass is 488 g/mol. The zero-order valence-corrected chi connectivity index (χ0v) is 21.2. The molecule has 0 radical (unpaired) electrons. The third-order valence-electron chi connectivity index (χ3n) is 7.19. The average molecular weight is 489 g/mol. The zero-order valence-electron chi connectivity index (χ0n) is 21.2. The predicted molar refractivity (Wildman–Crippen MR) is 143 cm³/mol. The topological polar surface area (TPSA) is 41.6 Å². The number of nitrogens with one attached hydrogen (secondary N) is 1. The van der Waals surface area contributed by atoms with E-state index in [1.165, 1.54) is 11.6 Å². The summed E-state index contributed by atoms with van der Waals surface area (Å²) in [7, 11) is 0. The van der Waals surface area contributed by atoms with Gasteiger partial charge in [-0.15, -0.1) is 0 Å². The van der Waals surface area contributed by atoms with Gasteiger partial charge < -0.3 is 10.1 Å². The summed E-state index contributed by atoms with van der Waals surface area (Å²) in [5, 5.41) is 3.24. The molecule has 0 unspecified atom stereocenters. The van der Waals surface area contributed by atoms with Crippen molar-refractivity contribution in [3.05, 3.63) is 95.8 Å². The van der Waals surface area contributed by atoms with Crippen molar-refractivity contribution in [1.82, 2.24) is 10.2 Å². The van der Waals surface area contributed by atoms with E-state index in [0.29, 0.717) is 39.0 Å². The maximum absolute atomic E-state index is 13.8. The van der Waals surface area contributed by atoms with Crippen LogP contribution in [-0.4, -0.2) is 43.7 Å². The Morgan fingerprint density at radius 3 is 2.36 bits per heavy atom. The molecule has 0 spiro atoms. The summed E-state index contributed by atoms with van der Waals surface area (Å²) in [5.74, 6) is -0.128. The van der Waals surface area contributed by atoms with E-state index in [4.69, 9.17) is 4.74 Å². The predicted octanol–water partition coefficient (Wildman–Crippen LogP) is 5.86. The molecule has 5 heteroatoms. The van der Waals surface area contributed by atoms with E-state index < -0.39 is 5.41 Å². The maximum atomic E-state index is 13.8. The number of halogens is 1. The van der Waals surface area contributed by atoms with Gasteiger partial charge in [0.2, 0.25) is 5.91 Å². The second kappa shape index (κ2) is 12.8. The molecule has 1 aliphatic rings. The SMILES string of the molecule is CCN(CCCNC(=O)C1(Cc2cccc(-c3cccc(F)c3)c2)CCOCC1)Cc1ccccc1. The summed E-state index contributed by atoms with van der Waals surface area (Å²) in [5.41, 5.74) is 3.73. The largest absolute Gasteiger partial charge is 0.381 e. The molecule has 190 valence electrons. The molecule has 0 aromatic heterocycles. The van der Waals surface area contributed by atoms with Gasteiger partial charge in [-0.3, -0.25) is 9.69 Å². The molecule has 36 heavy (non-hydrogen) atoms. The van der Waals surface area contributed by atoms with Gasteiger partial charge in [0, 0.05) is 32.8 Å². The van der Waals surface area contributed by atoms with Crippen LogP contribution in [0.2, 0.25) is 0 Å². The summed E-state index contributed by atoms with van der Waals surface area (Å²) in [6.07, 6.45) is 2.98. The molecule has 1 saturated heterocycles. The first-order valence-corrected chi connectivity index (χ1v) is 13.1. The van der Waals surface area contributed by atoms with Crippen molar-refractivity contribution in [3.8, 4) is 11.1 Å². The van der Waals surface area contributed by atoms with Crippen LogP contribution in [0.3, 0.4) is 0 Å². The first kappa shape index (κ1) is 26.1. The summed E-state index contributed by atoms with van der Waals surface area (Å²) in [6.45, 7) is 6.87. The van der Waals surface area contributed by atoms with Gasteiger partial charge in [0.15, 0.2) is 0 Å². The molecule has 1 amide bonds. The molecule has 4 nitrogen and oxygen atoms in total. The normalized spacial score (nSPS) is 15.1. The van der Waals surface area contributed by atoms with E-state index in [2.05, 4.69) is 53.5 Å². The first-order chi connectivity index (χ1) is 17.6. The van der Waals surface area contributed by atoms with Crippen molar-refractivity contribution in [1.29, 1.82) is 0 Å². The van der Waals surface area contributed by atoms with Gasteiger partial charge in [-0.1, -0.05) is 73.7 Å². The Labute approximate surface area is 214 Å². The van der Waals surface area contributed by atoms with E-state index in [9.17, 15) is 9.18 Å². The lowest BCUT2D eigenvalue weighted by molar-refractivity contribution is -0.136. The minimum absolute atomic E-state index is 0.119. The fourth-order valence-electron chi connectivity index (χ4n) is 5.05. The number of hydrogen-bond donors (Lipinski definition) is 1. The van der Waals surface area contributed by atoms with Crippen LogP contribution in [0.5, 0.6) is 0 Å². The fraction of sp³-hybridized carbons (Fsp3) is 0.387. The van der Waals surface area contributed by atoms with E-state index in [0.717, 1.165) is 42.7 Å². The Balaban J connectivity index is 1.36. The van der Waals surface area contributed by atoms with Crippen LogP contribution in [0.25, 0.3) is 11.1 Å². The quantitative estimate of drug-likeness (QED) is 0.344. The molecule has 3 aromatic rings. The molecule has 0 saturated carbocycles. The summed E-state index contributed by atoms with van der Waals surface area (Å²) in [6, 6.07) is 25.3. The molecule has 1 fully saturated rings. The molecule has 4 rings (SSSR count). The van der Waals surface area contributed by atoms with Gasteiger partial charge >= 0.3 is 0 Å². The van der Waals surface area contributed by atoms with Gasteiger partial charge in [-0.05, 0) is 66.6 Å².